The molecule has 1 atom stereocenters. The van der Waals surface area contributed by atoms with E-state index in [-0.39, 0.29) is 0 Å². The highest BCUT2D eigenvalue weighted by Crippen LogP contribution is 2.25. The number of hydrogen-bond acceptors (Lipinski definition) is 2. The molecule has 4 nitrogen and oxygen atoms in total. The van der Waals surface area contributed by atoms with E-state index >= 15 is 0 Å². The number of halogens is 2. The molecule has 3 N–H and O–H groups in total. The number of aromatic nitrogens is 2. The Morgan fingerprint density at radius 2 is 2.29 bits per heavy atom. The van der Waals surface area contributed by atoms with Gasteiger partial charge in [-0.15, -0.1) is 0 Å². The van der Waals surface area contributed by atoms with Crippen molar-refractivity contribution in [2.75, 3.05) is 0 Å². The predicted octanol–water partition coefficient (Wildman–Crippen LogP) is 2.65. The van der Waals surface area contributed by atoms with Crippen molar-refractivity contribution in [3.63, 3.8) is 0 Å². The van der Waals surface area contributed by atoms with Crippen LogP contribution in [0.2, 0.25) is 0 Å². The van der Waals surface area contributed by atoms with Crippen LogP contribution in [0.25, 0.3) is 11.0 Å². The summed E-state index contributed by atoms with van der Waals surface area (Å²) in [5, 5.41) is 0. The molecule has 0 bridgehead atoms. The summed E-state index contributed by atoms with van der Waals surface area (Å²) in [5.74, 6) is -0.942. The Morgan fingerprint density at radius 1 is 1.65 bits per heavy atom. The number of primary amides is 1. The molecule has 90 valence electrons. The summed E-state index contributed by atoms with van der Waals surface area (Å²) in [6.07, 6.45) is 0. The number of nitrogens with two attached hydrogens (primary N) is 1. The number of aromatic amines is 1. The number of benzene rings is 1. The summed E-state index contributed by atoms with van der Waals surface area (Å²) in [6, 6.07) is 2.26. The predicted molar refractivity (Wildman–Crippen MR) is 68.7 cm³/mol. The third-order valence-electron chi connectivity index (χ3n) is 2.56. The highest BCUT2D eigenvalue weighted by molar-refractivity contribution is 9.10. The highest BCUT2D eigenvalue weighted by atomic mass is 79.9. The van der Waals surface area contributed by atoms with E-state index in [1.54, 1.807) is 13.0 Å². The molecule has 17 heavy (non-hydrogen) atoms. The molecule has 0 saturated heterocycles. The number of nitrogens with one attached hydrogen (secondary N) is 1. The molecule has 1 amide bonds. The zero-order valence-corrected chi connectivity index (χ0v) is 11.2. The van der Waals surface area contributed by atoms with Crippen molar-refractivity contribution in [2.24, 2.45) is 5.73 Å². The highest BCUT2D eigenvalue weighted by Gasteiger charge is 2.17. The first-order valence-corrected chi connectivity index (χ1v) is 6.00. The summed E-state index contributed by atoms with van der Waals surface area (Å²) in [7, 11) is 0. The van der Waals surface area contributed by atoms with Crippen molar-refractivity contribution in [1.29, 1.82) is 0 Å². The van der Waals surface area contributed by atoms with Gasteiger partial charge in [-0.25, -0.2) is 4.39 Å². The fourth-order valence-electron chi connectivity index (χ4n) is 1.63. The average molecular weight is 318 g/mol. The number of carbonyl (C=O) groups excluding carboxylic acids is 1. The molecule has 1 unspecified atom stereocenters. The van der Waals surface area contributed by atoms with Crippen molar-refractivity contribution < 1.29 is 9.18 Å². The largest absolute Gasteiger partial charge is 0.368 e. The second-order valence-electron chi connectivity index (χ2n) is 3.66. The molecule has 1 aromatic heterocycles. The lowest BCUT2D eigenvalue weighted by molar-refractivity contribution is -0.120. The normalized spacial score (nSPS) is 12.9. The van der Waals surface area contributed by atoms with Gasteiger partial charge < -0.3 is 15.3 Å². The van der Waals surface area contributed by atoms with Crippen molar-refractivity contribution in [3.05, 3.63) is 27.2 Å². The SMILES string of the molecule is CC(C(N)=O)n1c(=S)[nH]c2cc(Br)c(F)cc21. The van der Waals surface area contributed by atoms with E-state index in [0.29, 0.717) is 20.3 Å². The minimum atomic E-state index is -0.628. The molecule has 0 radical (unpaired) electrons. The van der Waals surface area contributed by atoms with Gasteiger partial charge >= 0.3 is 0 Å². The Morgan fingerprint density at radius 3 is 2.88 bits per heavy atom. The van der Waals surface area contributed by atoms with Crippen LogP contribution in [0.4, 0.5) is 4.39 Å². The van der Waals surface area contributed by atoms with E-state index in [1.165, 1.54) is 10.6 Å². The topological polar surface area (TPSA) is 63.8 Å². The number of hydrogen-bond donors (Lipinski definition) is 2. The average Bonchev–Trinajstić information content (AvgIpc) is 2.53. The van der Waals surface area contributed by atoms with E-state index < -0.39 is 17.8 Å². The van der Waals surface area contributed by atoms with E-state index in [1.807, 2.05) is 0 Å². The first-order chi connectivity index (χ1) is 7.91. The maximum atomic E-state index is 13.5. The summed E-state index contributed by atoms with van der Waals surface area (Å²) in [6.45, 7) is 1.62. The van der Waals surface area contributed by atoms with E-state index in [4.69, 9.17) is 18.0 Å². The third-order valence-corrected chi connectivity index (χ3v) is 3.46. The number of nitrogens with zero attached hydrogens (tertiary/aromatic N) is 1. The summed E-state index contributed by atoms with van der Waals surface area (Å²) >= 11 is 8.18. The Labute approximate surface area is 110 Å². The zero-order valence-electron chi connectivity index (χ0n) is 8.83. The number of fused-ring (bicyclic) bond motifs is 1. The van der Waals surface area contributed by atoms with Crippen LogP contribution in [0.3, 0.4) is 0 Å². The first-order valence-electron chi connectivity index (χ1n) is 4.80. The number of amides is 1. The van der Waals surface area contributed by atoms with Gasteiger partial charge in [0, 0.05) is 6.07 Å². The van der Waals surface area contributed by atoms with Gasteiger partial charge in [-0.05, 0) is 41.1 Å². The fourth-order valence-corrected chi connectivity index (χ4v) is 2.34. The second-order valence-corrected chi connectivity index (χ2v) is 4.90. The second kappa shape index (κ2) is 4.23. The van der Waals surface area contributed by atoms with Gasteiger partial charge in [-0.3, -0.25) is 4.79 Å². The first kappa shape index (κ1) is 12.3. The minimum absolute atomic E-state index is 0.333. The zero-order chi connectivity index (χ0) is 12.7. The maximum Gasteiger partial charge on any atom is 0.240 e. The van der Waals surface area contributed by atoms with Gasteiger partial charge in [0.05, 0.1) is 15.5 Å². The molecule has 7 heteroatoms. The number of imidazole rings is 1. The van der Waals surface area contributed by atoms with Crippen LogP contribution in [-0.2, 0) is 4.79 Å². The molecular formula is C10H9BrFN3OS. The van der Waals surface area contributed by atoms with Crippen LogP contribution in [0.1, 0.15) is 13.0 Å². The third kappa shape index (κ3) is 2.00. The molecule has 2 aromatic rings. The molecule has 1 heterocycles. The van der Waals surface area contributed by atoms with E-state index in [0.717, 1.165) is 0 Å². The quantitative estimate of drug-likeness (QED) is 0.836. The smallest absolute Gasteiger partial charge is 0.240 e. The van der Waals surface area contributed by atoms with Gasteiger partial charge in [0.15, 0.2) is 4.77 Å². The number of rotatable bonds is 2. The number of H-pyrrole nitrogens is 1. The van der Waals surface area contributed by atoms with Gasteiger partial charge in [0.25, 0.3) is 0 Å². The molecular weight excluding hydrogens is 309 g/mol. The van der Waals surface area contributed by atoms with Gasteiger partial charge in [-0.1, -0.05) is 0 Å². The van der Waals surface area contributed by atoms with Crippen LogP contribution in [0.5, 0.6) is 0 Å². The van der Waals surface area contributed by atoms with Crippen molar-refractivity contribution >= 4 is 45.1 Å². The molecule has 0 aliphatic carbocycles. The lowest BCUT2D eigenvalue weighted by atomic mass is 10.2. The lowest BCUT2D eigenvalue weighted by Crippen LogP contribution is -2.24. The fraction of sp³-hybridized carbons (Fsp3) is 0.200. The molecule has 2 rings (SSSR count). The molecule has 0 fully saturated rings. The van der Waals surface area contributed by atoms with Gasteiger partial charge in [-0.2, -0.15) is 0 Å². The van der Waals surface area contributed by atoms with Crippen LogP contribution in [-0.4, -0.2) is 15.5 Å². The van der Waals surface area contributed by atoms with Crippen molar-refractivity contribution in [2.45, 2.75) is 13.0 Å². The molecule has 0 aliphatic heterocycles. The Hall–Kier alpha value is -1.21. The Balaban J connectivity index is 2.80. The van der Waals surface area contributed by atoms with Gasteiger partial charge in [0.1, 0.15) is 11.9 Å². The number of carbonyl (C=O) groups is 1. The lowest BCUT2D eigenvalue weighted by Gasteiger charge is -2.10. The van der Waals surface area contributed by atoms with E-state index in [9.17, 15) is 9.18 Å². The monoisotopic (exact) mass is 317 g/mol. The Kier molecular flexibility index (Phi) is 3.05. The molecule has 0 spiro atoms. The van der Waals surface area contributed by atoms with E-state index in [2.05, 4.69) is 20.9 Å². The van der Waals surface area contributed by atoms with Crippen LogP contribution >= 0.6 is 28.1 Å². The summed E-state index contributed by atoms with van der Waals surface area (Å²) < 4.78 is 15.7. The Bertz CT molecular complexity index is 663. The molecule has 0 aliphatic rings. The molecule has 0 saturated carbocycles. The van der Waals surface area contributed by atoms with Crippen LogP contribution in [0.15, 0.2) is 16.6 Å². The van der Waals surface area contributed by atoms with Gasteiger partial charge in [0.2, 0.25) is 5.91 Å². The van der Waals surface area contributed by atoms with Crippen molar-refractivity contribution in [1.82, 2.24) is 9.55 Å². The van der Waals surface area contributed by atoms with Crippen LogP contribution < -0.4 is 5.73 Å². The maximum absolute atomic E-state index is 13.5. The standard InChI is InChI=1S/C10H9BrFN3OS/c1-4(9(13)16)15-8-3-6(12)5(11)2-7(8)14-10(15)17/h2-4H,1H3,(H2,13,16)(H,14,17). The summed E-state index contributed by atoms with van der Waals surface area (Å²) in [5.41, 5.74) is 6.40. The van der Waals surface area contributed by atoms with Crippen molar-refractivity contribution in [3.8, 4) is 0 Å². The summed E-state index contributed by atoms with van der Waals surface area (Å²) in [4.78, 5) is 14.1. The molecule has 1 aromatic carbocycles. The minimum Gasteiger partial charge on any atom is -0.368 e. The van der Waals surface area contributed by atoms with Crippen LogP contribution in [0, 0.1) is 10.6 Å².